The van der Waals surface area contributed by atoms with Crippen LogP contribution in [0.4, 0.5) is 0 Å². The third-order valence-electron chi connectivity index (χ3n) is 4.43. The van der Waals surface area contributed by atoms with Crippen molar-refractivity contribution in [3.05, 3.63) is 59.2 Å². The second-order valence-corrected chi connectivity index (χ2v) is 6.69. The SMILES string of the molecule is Cc1ccc(C(C)(C)NC(=O)c2ccc3nc(C)n(C)c3c2)cn1. The molecule has 5 nitrogen and oxygen atoms in total. The average molecular weight is 322 g/mol. The highest BCUT2D eigenvalue weighted by molar-refractivity contribution is 5.97. The summed E-state index contributed by atoms with van der Waals surface area (Å²) in [7, 11) is 1.95. The van der Waals surface area contributed by atoms with Gasteiger partial charge in [0.05, 0.1) is 16.6 Å². The van der Waals surface area contributed by atoms with Crippen LogP contribution in [0.25, 0.3) is 11.0 Å². The molecule has 1 N–H and O–H groups in total. The fraction of sp³-hybridized carbons (Fsp3) is 0.316. The Hall–Kier alpha value is -2.69. The van der Waals surface area contributed by atoms with E-state index in [1.54, 1.807) is 0 Å². The van der Waals surface area contributed by atoms with Gasteiger partial charge in [-0.2, -0.15) is 0 Å². The first-order chi connectivity index (χ1) is 11.3. The highest BCUT2D eigenvalue weighted by atomic mass is 16.1. The van der Waals surface area contributed by atoms with Gasteiger partial charge in [0.15, 0.2) is 0 Å². The minimum Gasteiger partial charge on any atom is -0.343 e. The van der Waals surface area contributed by atoms with Crippen molar-refractivity contribution < 1.29 is 4.79 Å². The summed E-state index contributed by atoms with van der Waals surface area (Å²) in [5, 5.41) is 3.09. The van der Waals surface area contributed by atoms with E-state index in [4.69, 9.17) is 0 Å². The zero-order valence-electron chi connectivity index (χ0n) is 14.7. The Labute approximate surface area is 141 Å². The lowest BCUT2D eigenvalue weighted by Crippen LogP contribution is -2.41. The Balaban J connectivity index is 1.88. The van der Waals surface area contributed by atoms with Crippen molar-refractivity contribution in [3.8, 4) is 0 Å². The van der Waals surface area contributed by atoms with E-state index < -0.39 is 5.54 Å². The molecule has 0 aliphatic rings. The highest BCUT2D eigenvalue weighted by Gasteiger charge is 2.24. The standard InChI is InChI=1S/C19H22N4O/c1-12-6-8-15(11-20-12)19(3,4)22-18(24)14-7-9-16-17(10-14)23(5)13(2)21-16/h6-11H,1-5H3,(H,22,24). The molecule has 2 aromatic heterocycles. The van der Waals surface area contributed by atoms with Gasteiger partial charge < -0.3 is 9.88 Å². The van der Waals surface area contributed by atoms with Gasteiger partial charge in [-0.25, -0.2) is 4.98 Å². The predicted octanol–water partition coefficient (Wildman–Crippen LogP) is 3.25. The second-order valence-electron chi connectivity index (χ2n) is 6.69. The lowest BCUT2D eigenvalue weighted by Gasteiger charge is -2.26. The average Bonchev–Trinajstić information content (AvgIpc) is 2.81. The smallest absolute Gasteiger partial charge is 0.252 e. The first kappa shape index (κ1) is 16.2. The molecule has 124 valence electrons. The first-order valence-corrected chi connectivity index (χ1v) is 7.96. The van der Waals surface area contributed by atoms with Crippen LogP contribution < -0.4 is 5.32 Å². The number of carbonyl (C=O) groups excluding carboxylic acids is 1. The van der Waals surface area contributed by atoms with Crippen LogP contribution in [0.2, 0.25) is 0 Å². The number of nitrogens with zero attached hydrogens (tertiary/aromatic N) is 3. The summed E-state index contributed by atoms with van der Waals surface area (Å²) in [6, 6.07) is 9.53. The minimum atomic E-state index is -0.505. The van der Waals surface area contributed by atoms with Gasteiger partial charge in [0.1, 0.15) is 5.82 Å². The predicted molar refractivity (Wildman–Crippen MR) is 94.9 cm³/mol. The maximum atomic E-state index is 12.7. The molecule has 0 spiro atoms. The molecule has 0 radical (unpaired) electrons. The molecule has 0 aliphatic carbocycles. The zero-order chi connectivity index (χ0) is 17.5. The Kier molecular flexibility index (Phi) is 3.87. The molecule has 1 amide bonds. The van der Waals surface area contributed by atoms with Gasteiger partial charge in [-0.05, 0) is 57.5 Å². The molecule has 0 unspecified atom stereocenters. The maximum absolute atomic E-state index is 12.7. The molecule has 0 fully saturated rings. The largest absolute Gasteiger partial charge is 0.343 e. The summed E-state index contributed by atoms with van der Waals surface area (Å²) in [6.07, 6.45) is 1.81. The number of aromatic nitrogens is 3. The number of hydrogen-bond acceptors (Lipinski definition) is 3. The van der Waals surface area contributed by atoms with E-state index >= 15 is 0 Å². The molecular weight excluding hydrogens is 300 g/mol. The maximum Gasteiger partial charge on any atom is 0.252 e. The van der Waals surface area contributed by atoms with Crippen LogP contribution in [-0.2, 0) is 12.6 Å². The quantitative estimate of drug-likeness (QED) is 0.805. The Morgan fingerprint density at radius 3 is 2.58 bits per heavy atom. The molecule has 0 aliphatic heterocycles. The number of rotatable bonds is 3. The summed E-state index contributed by atoms with van der Waals surface area (Å²) in [6.45, 7) is 7.85. The van der Waals surface area contributed by atoms with Crippen molar-refractivity contribution >= 4 is 16.9 Å². The van der Waals surface area contributed by atoms with Gasteiger partial charge in [0.2, 0.25) is 0 Å². The Morgan fingerprint density at radius 2 is 1.92 bits per heavy atom. The second kappa shape index (κ2) is 5.74. The number of fused-ring (bicyclic) bond motifs is 1. The molecule has 2 heterocycles. The molecule has 24 heavy (non-hydrogen) atoms. The third-order valence-corrected chi connectivity index (χ3v) is 4.43. The van der Waals surface area contributed by atoms with E-state index in [2.05, 4.69) is 15.3 Å². The summed E-state index contributed by atoms with van der Waals surface area (Å²) >= 11 is 0. The zero-order valence-corrected chi connectivity index (χ0v) is 14.7. The van der Waals surface area contributed by atoms with Crippen LogP contribution in [-0.4, -0.2) is 20.4 Å². The summed E-state index contributed by atoms with van der Waals surface area (Å²) in [5.41, 5.74) is 3.90. The summed E-state index contributed by atoms with van der Waals surface area (Å²) < 4.78 is 1.99. The number of nitrogens with one attached hydrogen (secondary N) is 1. The van der Waals surface area contributed by atoms with Crippen LogP contribution in [0.3, 0.4) is 0 Å². The normalized spacial score (nSPS) is 11.7. The Morgan fingerprint density at radius 1 is 1.17 bits per heavy atom. The molecular formula is C19H22N4O. The van der Waals surface area contributed by atoms with Gasteiger partial charge in [-0.1, -0.05) is 6.07 Å². The molecule has 3 aromatic rings. The molecule has 0 atom stereocenters. The fourth-order valence-corrected chi connectivity index (χ4v) is 2.72. The van der Waals surface area contributed by atoms with Crippen molar-refractivity contribution in [1.82, 2.24) is 19.9 Å². The Bertz CT molecular complexity index is 907. The van der Waals surface area contributed by atoms with Gasteiger partial charge in [-0.15, -0.1) is 0 Å². The van der Waals surface area contributed by atoms with Crippen LogP contribution in [0.5, 0.6) is 0 Å². The lowest BCUT2D eigenvalue weighted by atomic mass is 9.95. The van der Waals surface area contributed by atoms with Crippen molar-refractivity contribution in [3.63, 3.8) is 0 Å². The van der Waals surface area contributed by atoms with Crippen LogP contribution in [0.1, 0.15) is 41.3 Å². The van der Waals surface area contributed by atoms with Crippen molar-refractivity contribution in [2.75, 3.05) is 0 Å². The molecule has 3 rings (SSSR count). The van der Waals surface area contributed by atoms with Gasteiger partial charge in [0, 0.05) is 24.5 Å². The molecule has 5 heteroatoms. The summed E-state index contributed by atoms with van der Waals surface area (Å²) in [4.78, 5) is 21.5. The van der Waals surface area contributed by atoms with Gasteiger partial charge in [0.25, 0.3) is 5.91 Å². The third kappa shape index (κ3) is 2.89. The van der Waals surface area contributed by atoms with E-state index in [1.807, 2.05) is 75.8 Å². The topological polar surface area (TPSA) is 59.8 Å². The number of imidazole rings is 1. The number of amides is 1. The monoisotopic (exact) mass is 322 g/mol. The van der Waals surface area contributed by atoms with E-state index in [1.165, 1.54) is 0 Å². The van der Waals surface area contributed by atoms with Gasteiger partial charge in [-0.3, -0.25) is 9.78 Å². The van der Waals surface area contributed by atoms with Crippen LogP contribution in [0, 0.1) is 13.8 Å². The lowest BCUT2D eigenvalue weighted by molar-refractivity contribution is 0.0912. The van der Waals surface area contributed by atoms with Crippen molar-refractivity contribution in [2.45, 2.75) is 33.2 Å². The number of carbonyl (C=O) groups is 1. The van der Waals surface area contributed by atoms with E-state index in [9.17, 15) is 4.79 Å². The number of pyridine rings is 1. The van der Waals surface area contributed by atoms with Crippen molar-refractivity contribution in [1.29, 1.82) is 0 Å². The fourth-order valence-electron chi connectivity index (χ4n) is 2.72. The van der Waals surface area contributed by atoms with E-state index in [0.717, 1.165) is 28.1 Å². The first-order valence-electron chi connectivity index (χ1n) is 7.96. The summed E-state index contributed by atoms with van der Waals surface area (Å²) in [5.74, 6) is 0.815. The molecule has 1 aromatic carbocycles. The molecule has 0 bridgehead atoms. The van der Waals surface area contributed by atoms with Gasteiger partial charge >= 0.3 is 0 Å². The van der Waals surface area contributed by atoms with Crippen LogP contribution >= 0.6 is 0 Å². The van der Waals surface area contributed by atoms with E-state index in [0.29, 0.717) is 5.56 Å². The number of hydrogen-bond donors (Lipinski definition) is 1. The molecule has 0 saturated heterocycles. The molecule has 0 saturated carbocycles. The number of benzene rings is 1. The van der Waals surface area contributed by atoms with Crippen molar-refractivity contribution in [2.24, 2.45) is 7.05 Å². The van der Waals surface area contributed by atoms with E-state index in [-0.39, 0.29) is 5.91 Å². The highest BCUT2D eigenvalue weighted by Crippen LogP contribution is 2.21. The number of aryl methyl sites for hydroxylation is 3. The minimum absolute atomic E-state index is 0.110. The van der Waals surface area contributed by atoms with Crippen LogP contribution in [0.15, 0.2) is 36.5 Å².